The van der Waals surface area contributed by atoms with Crippen LogP contribution in [0.2, 0.25) is 0 Å². The first-order valence-electron chi connectivity index (χ1n) is 6.11. The largest absolute Gasteiger partial charge is 0.398 e. The van der Waals surface area contributed by atoms with E-state index in [1.165, 1.54) is 18.4 Å². The Hall–Kier alpha value is -3.01. The maximum absolute atomic E-state index is 12.7. The van der Waals surface area contributed by atoms with Crippen LogP contribution in [0, 0.1) is 4.91 Å². The lowest BCUT2D eigenvalue weighted by molar-refractivity contribution is -0.539. The van der Waals surface area contributed by atoms with Crippen molar-refractivity contribution in [1.82, 2.24) is 14.9 Å². The summed E-state index contributed by atoms with van der Waals surface area (Å²) in [5.74, 6) is -0.585. The van der Waals surface area contributed by atoms with Crippen LogP contribution in [-0.2, 0) is 4.84 Å². The Kier molecular flexibility index (Phi) is 3.43. The topological polar surface area (TPSA) is 121 Å². The summed E-state index contributed by atoms with van der Waals surface area (Å²) in [6, 6.07) is 6.65. The van der Waals surface area contributed by atoms with Gasteiger partial charge >= 0.3 is 5.91 Å². The number of nitrogen functional groups attached to an aromatic ring is 1. The Bertz CT molecular complexity index is 938. The van der Waals surface area contributed by atoms with Crippen molar-refractivity contribution in [3.05, 3.63) is 40.2 Å². The maximum atomic E-state index is 12.7. The molecule has 1 aromatic carbocycles. The van der Waals surface area contributed by atoms with Crippen LogP contribution in [0.25, 0.3) is 11.0 Å². The summed E-state index contributed by atoms with van der Waals surface area (Å²) in [4.78, 5) is 33.2. The lowest BCUT2D eigenvalue weighted by Gasteiger charge is -1.98. The monoisotopic (exact) mass is 319 g/mol. The number of nitrogens with zero attached hydrogens (tertiary/aromatic N) is 4. The summed E-state index contributed by atoms with van der Waals surface area (Å²) < 4.78 is 1.57. The highest BCUT2D eigenvalue weighted by atomic mass is 32.1. The van der Waals surface area contributed by atoms with E-state index in [1.54, 1.807) is 29.6 Å². The van der Waals surface area contributed by atoms with E-state index in [9.17, 15) is 9.70 Å². The van der Waals surface area contributed by atoms with Gasteiger partial charge in [-0.3, -0.25) is 0 Å². The van der Waals surface area contributed by atoms with Crippen molar-refractivity contribution in [2.24, 2.45) is 5.16 Å². The van der Waals surface area contributed by atoms with Crippen LogP contribution in [0.4, 0.5) is 5.13 Å². The predicted molar refractivity (Wildman–Crippen MR) is 80.4 cm³/mol. The summed E-state index contributed by atoms with van der Waals surface area (Å²) in [5.41, 5.74) is 6.53. The third kappa shape index (κ3) is 2.24. The van der Waals surface area contributed by atoms with Crippen molar-refractivity contribution in [3.63, 3.8) is 0 Å². The van der Waals surface area contributed by atoms with Crippen molar-refractivity contribution < 1.29 is 14.2 Å². The number of carbonyl (C=O) groups excluding carboxylic acids is 1. The van der Waals surface area contributed by atoms with E-state index >= 15 is 0 Å². The fourth-order valence-electron chi connectivity index (χ4n) is 1.97. The quantitative estimate of drug-likeness (QED) is 0.416. The number of aromatic nitrogens is 4. The van der Waals surface area contributed by atoms with Gasteiger partial charge in [0.05, 0.1) is 4.54 Å². The highest BCUT2D eigenvalue weighted by Gasteiger charge is 2.28. The average Bonchev–Trinajstić information content (AvgIpc) is 3.09. The number of nitrogens with two attached hydrogens (primary N) is 1. The van der Waals surface area contributed by atoms with Gasteiger partial charge in [-0.25, -0.2) is 9.78 Å². The highest BCUT2D eigenvalue weighted by molar-refractivity contribution is 7.13. The second kappa shape index (κ2) is 5.41. The molecule has 3 aromatic rings. The SMILES string of the molecule is CO/N=C(/C(=O)n1[nH][n+](=O)c2ccccc21)c1csc(N)n1. The van der Waals surface area contributed by atoms with Crippen LogP contribution >= 0.6 is 11.3 Å². The van der Waals surface area contributed by atoms with Crippen LogP contribution < -0.4 is 10.3 Å². The van der Waals surface area contributed by atoms with E-state index in [1.807, 2.05) is 0 Å². The zero-order valence-corrected chi connectivity index (χ0v) is 12.2. The number of fused-ring (bicyclic) bond motifs is 1. The molecule has 22 heavy (non-hydrogen) atoms. The number of H-pyrrole nitrogens is 1. The summed E-state index contributed by atoms with van der Waals surface area (Å²) in [6.45, 7) is 0. The number of hydrogen-bond donors (Lipinski definition) is 2. The third-order valence-electron chi connectivity index (χ3n) is 2.89. The minimum absolute atomic E-state index is 0.0620. The van der Waals surface area contributed by atoms with Gasteiger partial charge in [-0.2, -0.15) is 0 Å². The number of thiazole rings is 1. The van der Waals surface area contributed by atoms with E-state index in [2.05, 4.69) is 15.4 Å². The van der Waals surface area contributed by atoms with E-state index in [4.69, 9.17) is 10.6 Å². The molecular formula is C12H11N6O3S+. The Morgan fingerprint density at radius 1 is 1.50 bits per heavy atom. The number of para-hydroxylation sites is 2. The molecule has 0 bridgehead atoms. The number of oxime groups is 1. The maximum Gasteiger partial charge on any atom is 0.388 e. The fraction of sp³-hybridized carbons (Fsp3) is 0.0833. The first-order chi connectivity index (χ1) is 10.6. The predicted octanol–water partition coefficient (Wildman–Crippen LogP) is 0.614. The second-order valence-electron chi connectivity index (χ2n) is 4.22. The summed E-state index contributed by atoms with van der Waals surface area (Å²) in [7, 11) is 1.31. The minimum Gasteiger partial charge on any atom is -0.398 e. The van der Waals surface area contributed by atoms with Gasteiger partial charge in [-0.1, -0.05) is 22.0 Å². The van der Waals surface area contributed by atoms with Crippen LogP contribution in [0.3, 0.4) is 0 Å². The molecule has 112 valence electrons. The fourth-order valence-corrected chi connectivity index (χ4v) is 2.52. The van der Waals surface area contributed by atoms with Crippen LogP contribution in [0.1, 0.15) is 10.5 Å². The molecule has 0 aliphatic rings. The van der Waals surface area contributed by atoms with Crippen molar-refractivity contribution in [1.29, 1.82) is 0 Å². The first kappa shape index (κ1) is 13.9. The molecule has 0 saturated carbocycles. The molecule has 0 aliphatic carbocycles. The number of nitrogens with one attached hydrogen (secondary N) is 1. The van der Waals surface area contributed by atoms with Crippen molar-refractivity contribution in [2.45, 2.75) is 0 Å². The number of benzene rings is 1. The molecule has 0 saturated heterocycles. The molecule has 0 fully saturated rings. The lowest BCUT2D eigenvalue weighted by Crippen LogP contribution is -2.27. The van der Waals surface area contributed by atoms with Crippen molar-refractivity contribution >= 4 is 39.1 Å². The molecule has 2 heterocycles. The standard InChI is InChI=1S/C12H11N6O3S/c1-21-15-10(7-6-22-12(13)14-7)11(19)17-8-4-2-3-5-9(8)18(20)16-17/h2-6H,1H3,(H2,13,14)(H,16,20)/q+1/b15-10+. The number of rotatable bonds is 3. The Morgan fingerprint density at radius 3 is 2.95 bits per heavy atom. The zero-order chi connectivity index (χ0) is 15.7. The van der Waals surface area contributed by atoms with Gasteiger partial charge in [0.1, 0.15) is 12.8 Å². The summed E-state index contributed by atoms with van der Waals surface area (Å²) in [5, 5.41) is 7.99. The summed E-state index contributed by atoms with van der Waals surface area (Å²) in [6.07, 6.45) is 0. The van der Waals surface area contributed by atoms with Crippen molar-refractivity contribution in [2.75, 3.05) is 12.8 Å². The van der Waals surface area contributed by atoms with Gasteiger partial charge < -0.3 is 10.6 Å². The number of aromatic amines is 1. The molecule has 0 unspecified atom stereocenters. The normalized spacial score (nSPS) is 11.8. The zero-order valence-electron chi connectivity index (χ0n) is 11.4. The van der Waals surface area contributed by atoms with Gasteiger partial charge in [-0.15, -0.1) is 11.3 Å². The lowest BCUT2D eigenvalue weighted by atomic mass is 10.2. The molecule has 0 aliphatic heterocycles. The van der Waals surface area contributed by atoms with Crippen LogP contribution in [0.15, 0.2) is 34.8 Å². The number of hydrogen-bond acceptors (Lipinski definition) is 7. The molecule has 3 rings (SSSR count). The smallest absolute Gasteiger partial charge is 0.388 e. The van der Waals surface area contributed by atoms with Gasteiger partial charge in [-0.05, 0) is 22.3 Å². The third-order valence-corrected chi connectivity index (χ3v) is 3.56. The molecule has 0 atom stereocenters. The van der Waals surface area contributed by atoms with E-state index in [0.717, 1.165) is 4.68 Å². The van der Waals surface area contributed by atoms with Crippen LogP contribution in [0.5, 0.6) is 0 Å². The molecular weight excluding hydrogens is 308 g/mol. The molecule has 3 N–H and O–H groups in total. The molecule has 2 aromatic heterocycles. The van der Waals surface area contributed by atoms with Gasteiger partial charge in [0, 0.05) is 5.38 Å². The van der Waals surface area contributed by atoms with Gasteiger partial charge in [0.25, 0.3) is 0 Å². The van der Waals surface area contributed by atoms with Crippen LogP contribution in [-0.4, -0.2) is 33.6 Å². The Balaban J connectivity index is 2.14. The average molecular weight is 319 g/mol. The Morgan fingerprint density at radius 2 is 2.27 bits per heavy atom. The molecule has 9 nitrogen and oxygen atoms in total. The summed E-state index contributed by atoms with van der Waals surface area (Å²) >= 11 is 1.17. The molecule has 10 heteroatoms. The number of anilines is 1. The second-order valence-corrected chi connectivity index (χ2v) is 5.11. The van der Waals surface area contributed by atoms with Crippen molar-refractivity contribution in [3.8, 4) is 0 Å². The minimum atomic E-state index is -0.585. The number of carbonyl (C=O) groups is 1. The Labute approximate surface area is 127 Å². The van der Waals surface area contributed by atoms with E-state index < -0.39 is 5.91 Å². The molecule has 0 amide bonds. The van der Waals surface area contributed by atoms with E-state index in [-0.39, 0.29) is 11.4 Å². The van der Waals surface area contributed by atoms with E-state index in [0.29, 0.717) is 20.7 Å². The van der Waals surface area contributed by atoms with Gasteiger partial charge in [0.2, 0.25) is 16.7 Å². The molecule has 0 radical (unpaired) electrons. The van der Waals surface area contributed by atoms with Gasteiger partial charge in [0.15, 0.2) is 5.13 Å². The first-order valence-corrected chi connectivity index (χ1v) is 6.99. The molecule has 0 spiro atoms. The highest BCUT2D eigenvalue weighted by Crippen LogP contribution is 2.14.